The van der Waals surface area contributed by atoms with Crippen LogP contribution >= 0.6 is 0 Å². The molecule has 150 valence electrons. The predicted molar refractivity (Wildman–Crippen MR) is 98.6 cm³/mol. The lowest BCUT2D eigenvalue weighted by Gasteiger charge is -2.31. The fraction of sp³-hybridized carbons (Fsp3) is 0.400. The summed E-state index contributed by atoms with van der Waals surface area (Å²) >= 11 is 0. The van der Waals surface area contributed by atoms with Crippen molar-refractivity contribution in [2.75, 3.05) is 5.32 Å². The van der Waals surface area contributed by atoms with E-state index in [-0.39, 0.29) is 17.2 Å². The third-order valence-electron chi connectivity index (χ3n) is 4.87. The molecule has 8 heteroatoms. The van der Waals surface area contributed by atoms with Crippen molar-refractivity contribution in [1.29, 1.82) is 0 Å². The molecule has 1 N–H and O–H groups in total. The number of hydrogen-bond acceptors (Lipinski definition) is 4. The lowest BCUT2D eigenvalue weighted by molar-refractivity contribution is -0.145. The fourth-order valence-electron chi connectivity index (χ4n) is 3.42. The lowest BCUT2D eigenvalue weighted by Crippen LogP contribution is -2.32. The van der Waals surface area contributed by atoms with Gasteiger partial charge in [0.25, 0.3) is 0 Å². The number of nitrogens with zero attached hydrogens (tertiary/aromatic N) is 2. The first-order valence-electron chi connectivity index (χ1n) is 9.16. The van der Waals surface area contributed by atoms with Gasteiger partial charge < -0.3 is 10.1 Å². The molecule has 3 rings (SSSR count). The number of rotatable bonds is 5. The summed E-state index contributed by atoms with van der Waals surface area (Å²) in [7, 11) is 0. The molecule has 1 aliphatic heterocycles. The number of aromatic nitrogens is 2. The van der Waals surface area contributed by atoms with Crippen molar-refractivity contribution in [2.45, 2.75) is 51.9 Å². The van der Waals surface area contributed by atoms with E-state index >= 15 is 0 Å². The first kappa shape index (κ1) is 20.0. The first-order valence-corrected chi connectivity index (χ1v) is 9.16. The van der Waals surface area contributed by atoms with Gasteiger partial charge in [-0.25, -0.2) is 9.48 Å². The van der Waals surface area contributed by atoms with Gasteiger partial charge in [-0.05, 0) is 31.4 Å². The molecule has 0 amide bonds. The Morgan fingerprint density at radius 3 is 2.57 bits per heavy atom. The van der Waals surface area contributed by atoms with Crippen LogP contribution in [-0.2, 0) is 15.7 Å². The summed E-state index contributed by atoms with van der Waals surface area (Å²) in [6, 6.07) is 5.86. The van der Waals surface area contributed by atoms with Crippen molar-refractivity contribution in [1.82, 2.24) is 9.78 Å². The number of allylic oxidation sites excluding steroid dienone is 1. The lowest BCUT2D eigenvalue weighted by atomic mass is 9.91. The zero-order valence-corrected chi connectivity index (χ0v) is 15.9. The minimum Gasteiger partial charge on any atom is -0.459 e. The van der Waals surface area contributed by atoms with E-state index < -0.39 is 23.8 Å². The fourth-order valence-corrected chi connectivity index (χ4v) is 3.42. The van der Waals surface area contributed by atoms with Gasteiger partial charge in [0.2, 0.25) is 0 Å². The van der Waals surface area contributed by atoms with Gasteiger partial charge in [-0.15, -0.1) is 0 Å². The molecule has 0 radical (unpaired) electrons. The number of halogens is 3. The van der Waals surface area contributed by atoms with Crippen LogP contribution in [-0.4, -0.2) is 21.9 Å². The molecular weight excluding hydrogens is 371 g/mol. The number of carbonyl (C=O) groups is 1. The van der Waals surface area contributed by atoms with Gasteiger partial charge >= 0.3 is 12.1 Å². The summed E-state index contributed by atoms with van der Waals surface area (Å²) in [6.07, 6.45) is -2.14. The van der Waals surface area contributed by atoms with Crippen LogP contribution in [0.2, 0.25) is 0 Å². The van der Waals surface area contributed by atoms with Crippen molar-refractivity contribution in [2.24, 2.45) is 0 Å². The quantitative estimate of drug-likeness (QED) is 0.733. The van der Waals surface area contributed by atoms with Crippen LogP contribution in [0.5, 0.6) is 0 Å². The van der Waals surface area contributed by atoms with Crippen LogP contribution in [0.15, 0.2) is 47.8 Å². The number of benzene rings is 1. The molecule has 1 unspecified atom stereocenters. The maximum atomic E-state index is 13.7. The monoisotopic (exact) mass is 393 g/mol. The van der Waals surface area contributed by atoms with Crippen LogP contribution in [0, 0.1) is 0 Å². The second kappa shape index (κ2) is 7.69. The normalized spacial score (nSPS) is 16.8. The number of fused-ring (bicyclic) bond motifs is 1. The Morgan fingerprint density at radius 1 is 1.25 bits per heavy atom. The van der Waals surface area contributed by atoms with Crippen LogP contribution in [0.3, 0.4) is 0 Å². The molecule has 0 aliphatic carbocycles. The van der Waals surface area contributed by atoms with E-state index in [4.69, 9.17) is 4.74 Å². The van der Waals surface area contributed by atoms with E-state index in [1.807, 2.05) is 13.8 Å². The molecular formula is C20H22F3N3O2. The Morgan fingerprint density at radius 2 is 1.93 bits per heavy atom. The van der Waals surface area contributed by atoms with E-state index in [1.54, 1.807) is 13.0 Å². The Bertz CT molecular complexity index is 898. The highest BCUT2D eigenvalue weighted by atomic mass is 19.4. The molecule has 2 heterocycles. The molecule has 1 aromatic heterocycles. The van der Waals surface area contributed by atoms with Crippen molar-refractivity contribution in [3.8, 4) is 0 Å². The third-order valence-corrected chi connectivity index (χ3v) is 4.87. The van der Waals surface area contributed by atoms with Gasteiger partial charge in [0.1, 0.15) is 18.0 Å². The average Bonchev–Trinajstić information content (AvgIpc) is 3.12. The van der Waals surface area contributed by atoms with Gasteiger partial charge in [0.15, 0.2) is 0 Å². The number of hydrogen-bond donors (Lipinski definition) is 1. The SMILES string of the molecule is CCC(CC)OC(=O)C1=C(C)Nc2ccnn2C1c1ccccc1C(F)(F)F. The Hall–Kier alpha value is -2.77. The third kappa shape index (κ3) is 3.63. The van der Waals surface area contributed by atoms with Crippen molar-refractivity contribution in [3.05, 3.63) is 58.9 Å². The molecule has 0 saturated heterocycles. The molecule has 1 aliphatic rings. The summed E-state index contributed by atoms with van der Waals surface area (Å²) < 4.78 is 48.0. The summed E-state index contributed by atoms with van der Waals surface area (Å²) in [5.74, 6) is -0.125. The Balaban J connectivity index is 2.15. The largest absolute Gasteiger partial charge is 0.459 e. The summed E-state index contributed by atoms with van der Waals surface area (Å²) in [4.78, 5) is 13.0. The Kier molecular flexibility index (Phi) is 5.49. The van der Waals surface area contributed by atoms with Crippen molar-refractivity contribution in [3.63, 3.8) is 0 Å². The second-order valence-electron chi connectivity index (χ2n) is 6.66. The number of alkyl halides is 3. The van der Waals surface area contributed by atoms with Crippen LogP contribution in [0.1, 0.15) is 50.8 Å². The Labute approximate surface area is 161 Å². The van der Waals surface area contributed by atoms with Crippen LogP contribution < -0.4 is 5.32 Å². The first-order chi connectivity index (χ1) is 13.3. The van der Waals surface area contributed by atoms with Gasteiger partial charge in [-0.3, -0.25) is 0 Å². The highest BCUT2D eigenvalue weighted by Gasteiger charge is 2.41. The molecule has 28 heavy (non-hydrogen) atoms. The van der Waals surface area contributed by atoms with E-state index in [2.05, 4.69) is 10.4 Å². The smallest absolute Gasteiger partial charge is 0.416 e. The van der Waals surface area contributed by atoms with E-state index in [1.165, 1.54) is 29.1 Å². The van der Waals surface area contributed by atoms with Crippen LogP contribution in [0.25, 0.3) is 0 Å². The molecule has 2 aromatic rings. The summed E-state index contributed by atoms with van der Waals surface area (Å²) in [5, 5.41) is 7.21. The molecule has 0 bridgehead atoms. The number of anilines is 1. The number of ether oxygens (including phenoxy) is 1. The van der Waals surface area contributed by atoms with E-state index in [0.29, 0.717) is 24.4 Å². The average molecular weight is 393 g/mol. The standard InChI is InChI=1S/C20H22F3N3O2/c1-4-13(5-2)28-19(27)17-12(3)25-16-10-11-24-26(16)18(17)14-8-6-7-9-15(14)20(21,22)23/h6-11,13,18,25H,4-5H2,1-3H3. The number of esters is 1. The maximum Gasteiger partial charge on any atom is 0.416 e. The van der Waals surface area contributed by atoms with Gasteiger partial charge in [-0.1, -0.05) is 32.0 Å². The minimum atomic E-state index is -4.56. The van der Waals surface area contributed by atoms with Gasteiger partial charge in [-0.2, -0.15) is 18.3 Å². The maximum absolute atomic E-state index is 13.7. The second-order valence-corrected chi connectivity index (χ2v) is 6.66. The molecule has 0 fully saturated rings. The van der Waals surface area contributed by atoms with Gasteiger partial charge in [0, 0.05) is 11.8 Å². The highest BCUT2D eigenvalue weighted by Crippen LogP contribution is 2.42. The molecule has 1 atom stereocenters. The minimum absolute atomic E-state index is 0.0442. The molecule has 0 spiro atoms. The molecule has 1 aromatic carbocycles. The van der Waals surface area contributed by atoms with E-state index in [9.17, 15) is 18.0 Å². The molecule has 0 saturated carbocycles. The number of nitrogens with one attached hydrogen (secondary N) is 1. The topological polar surface area (TPSA) is 56.1 Å². The predicted octanol–water partition coefficient (Wildman–Crippen LogP) is 4.92. The summed E-state index contributed by atoms with van der Waals surface area (Å²) in [6.45, 7) is 5.44. The van der Waals surface area contributed by atoms with Gasteiger partial charge in [0.05, 0.1) is 17.3 Å². The van der Waals surface area contributed by atoms with E-state index in [0.717, 1.165) is 6.07 Å². The number of carbonyl (C=O) groups excluding carboxylic acids is 1. The summed E-state index contributed by atoms with van der Waals surface area (Å²) in [5.41, 5.74) is -0.271. The molecule has 5 nitrogen and oxygen atoms in total. The van der Waals surface area contributed by atoms with Crippen molar-refractivity contribution >= 4 is 11.8 Å². The zero-order chi connectivity index (χ0) is 20.5. The van der Waals surface area contributed by atoms with Crippen molar-refractivity contribution < 1.29 is 22.7 Å². The zero-order valence-electron chi connectivity index (χ0n) is 15.9. The van der Waals surface area contributed by atoms with Crippen LogP contribution in [0.4, 0.5) is 19.0 Å². The highest BCUT2D eigenvalue weighted by molar-refractivity contribution is 5.92.